The molecule has 0 aromatic heterocycles. The van der Waals surface area contributed by atoms with Crippen LogP contribution in [0.1, 0.15) is 16.8 Å². The molecule has 1 aromatic rings. The molecule has 22 heavy (non-hydrogen) atoms. The zero-order valence-electron chi connectivity index (χ0n) is 12.7. The number of rotatable bonds is 4. The summed E-state index contributed by atoms with van der Waals surface area (Å²) < 4.78 is 31.8. The first-order valence-corrected chi connectivity index (χ1v) is 8.64. The van der Waals surface area contributed by atoms with E-state index in [1.807, 2.05) is 19.0 Å². The Hall–Kier alpha value is -1.15. The lowest BCUT2D eigenvalue weighted by Gasteiger charge is -2.21. The van der Waals surface area contributed by atoms with Gasteiger partial charge in [0.25, 0.3) is 0 Å². The second-order valence-electron chi connectivity index (χ2n) is 5.38. The van der Waals surface area contributed by atoms with Crippen molar-refractivity contribution in [1.29, 1.82) is 0 Å². The molecule has 1 aliphatic rings. The van der Waals surface area contributed by atoms with Crippen LogP contribution in [0.3, 0.4) is 0 Å². The van der Waals surface area contributed by atoms with Crippen molar-refractivity contribution in [3.63, 3.8) is 0 Å². The number of hydrogen-bond donors (Lipinski definition) is 0. The molecule has 1 heterocycles. The predicted octanol–water partition coefficient (Wildman–Crippen LogP) is 1.45. The summed E-state index contributed by atoms with van der Waals surface area (Å²) >= 11 is 6.07. The molecule has 0 spiro atoms. The molecule has 1 aliphatic heterocycles. The van der Waals surface area contributed by atoms with E-state index in [0.717, 1.165) is 6.42 Å². The number of carbonyl (C=O) groups is 1. The third-order valence-electron chi connectivity index (χ3n) is 3.83. The van der Waals surface area contributed by atoms with Crippen LogP contribution >= 0.6 is 11.6 Å². The van der Waals surface area contributed by atoms with Crippen molar-refractivity contribution in [3.8, 4) is 0 Å². The number of nitrogens with zero attached hydrogens (tertiary/aromatic N) is 2. The summed E-state index contributed by atoms with van der Waals surface area (Å²) in [6, 6.07) is 4.55. The van der Waals surface area contributed by atoms with Gasteiger partial charge in [0.05, 0.1) is 17.7 Å². The highest BCUT2D eigenvalue weighted by Crippen LogP contribution is 2.31. The Kier molecular flexibility index (Phi) is 5.11. The van der Waals surface area contributed by atoms with Gasteiger partial charge in [0.2, 0.25) is 10.0 Å². The fourth-order valence-corrected chi connectivity index (χ4v) is 4.70. The summed E-state index contributed by atoms with van der Waals surface area (Å²) in [5.41, 5.74) is -0.0386. The van der Waals surface area contributed by atoms with Crippen LogP contribution in [-0.4, -0.2) is 63.9 Å². The van der Waals surface area contributed by atoms with Gasteiger partial charge < -0.3 is 9.64 Å². The second kappa shape index (κ2) is 6.54. The van der Waals surface area contributed by atoms with Crippen molar-refractivity contribution < 1.29 is 17.9 Å². The highest BCUT2D eigenvalue weighted by molar-refractivity contribution is 7.89. The summed E-state index contributed by atoms with van der Waals surface area (Å²) in [5.74, 6) is -0.718. The van der Waals surface area contributed by atoms with Crippen LogP contribution in [0.25, 0.3) is 0 Å². The number of halogens is 1. The quantitative estimate of drug-likeness (QED) is 0.772. The second-order valence-corrected chi connectivity index (χ2v) is 7.66. The Labute approximate surface area is 135 Å². The van der Waals surface area contributed by atoms with Crippen LogP contribution in [0.5, 0.6) is 0 Å². The van der Waals surface area contributed by atoms with Crippen LogP contribution < -0.4 is 0 Å². The molecule has 2 rings (SSSR count). The maximum Gasteiger partial charge on any atom is 0.339 e. The minimum Gasteiger partial charge on any atom is -0.465 e. The van der Waals surface area contributed by atoms with Gasteiger partial charge in [-0.2, -0.15) is 4.31 Å². The van der Waals surface area contributed by atoms with Gasteiger partial charge in [-0.1, -0.05) is 17.7 Å². The first-order chi connectivity index (χ1) is 10.3. The molecule has 0 radical (unpaired) electrons. The molecule has 0 N–H and O–H groups in total. The summed E-state index contributed by atoms with van der Waals surface area (Å²) in [6.07, 6.45) is 0.740. The lowest BCUT2D eigenvalue weighted by Crippen LogP contribution is -2.35. The molecule has 1 aromatic carbocycles. The molecule has 0 aliphatic carbocycles. The van der Waals surface area contributed by atoms with Crippen molar-refractivity contribution in [3.05, 3.63) is 28.8 Å². The van der Waals surface area contributed by atoms with Crippen molar-refractivity contribution in [2.24, 2.45) is 0 Å². The largest absolute Gasteiger partial charge is 0.465 e. The fourth-order valence-electron chi connectivity index (χ4n) is 2.52. The summed E-state index contributed by atoms with van der Waals surface area (Å²) in [5, 5.41) is 0.0243. The fraction of sp³-hybridized carbons (Fsp3) is 0.500. The van der Waals surface area contributed by atoms with Crippen LogP contribution in [0.4, 0.5) is 0 Å². The summed E-state index contributed by atoms with van der Waals surface area (Å²) in [4.78, 5) is 13.7. The highest BCUT2D eigenvalue weighted by atomic mass is 35.5. The number of esters is 1. The van der Waals surface area contributed by atoms with Crippen LogP contribution in [0.2, 0.25) is 5.02 Å². The molecule has 8 heteroatoms. The van der Waals surface area contributed by atoms with Crippen molar-refractivity contribution in [1.82, 2.24) is 9.21 Å². The van der Waals surface area contributed by atoms with E-state index in [0.29, 0.717) is 13.1 Å². The van der Waals surface area contributed by atoms with Crippen molar-refractivity contribution in [2.75, 3.05) is 34.3 Å². The minimum absolute atomic E-state index is 0.0243. The number of ether oxygens (including phenoxy) is 1. The lowest BCUT2D eigenvalue weighted by molar-refractivity contribution is 0.0596. The van der Waals surface area contributed by atoms with Crippen molar-refractivity contribution in [2.45, 2.75) is 17.4 Å². The molecule has 6 nitrogen and oxygen atoms in total. The molecule has 1 fully saturated rings. The van der Waals surface area contributed by atoms with Gasteiger partial charge in [0.1, 0.15) is 4.90 Å². The zero-order chi connectivity index (χ0) is 16.5. The number of carbonyl (C=O) groups excluding carboxylic acids is 1. The van der Waals surface area contributed by atoms with Gasteiger partial charge in [-0.3, -0.25) is 0 Å². The molecule has 0 amide bonds. The molecule has 0 bridgehead atoms. The van der Waals surface area contributed by atoms with E-state index in [2.05, 4.69) is 4.74 Å². The highest BCUT2D eigenvalue weighted by Gasteiger charge is 2.37. The number of hydrogen-bond acceptors (Lipinski definition) is 5. The van der Waals surface area contributed by atoms with E-state index in [4.69, 9.17) is 11.6 Å². The standard InChI is InChI=1S/C14H19ClN2O4S/c1-16(2)10-7-8-17(9-10)22(19,20)13-11(14(18)21-3)5-4-6-12(13)15/h4-6,10H,7-9H2,1-3H3. The third-order valence-corrected chi connectivity index (χ3v) is 6.22. The summed E-state index contributed by atoms with van der Waals surface area (Å²) in [6.45, 7) is 0.776. The first-order valence-electron chi connectivity index (χ1n) is 6.82. The number of benzene rings is 1. The SMILES string of the molecule is COC(=O)c1cccc(Cl)c1S(=O)(=O)N1CCC(N(C)C)C1. The smallest absolute Gasteiger partial charge is 0.339 e. The van der Waals surface area contributed by atoms with Gasteiger partial charge in [0, 0.05) is 19.1 Å². The molecule has 122 valence electrons. The molecule has 1 unspecified atom stereocenters. The molecular weight excluding hydrogens is 328 g/mol. The zero-order valence-corrected chi connectivity index (χ0v) is 14.3. The maximum absolute atomic E-state index is 12.9. The van der Waals surface area contributed by atoms with Gasteiger partial charge in [-0.25, -0.2) is 13.2 Å². The van der Waals surface area contributed by atoms with Gasteiger partial charge in [-0.05, 0) is 32.6 Å². The number of methoxy groups -OCH3 is 1. The van der Waals surface area contributed by atoms with Crippen LogP contribution in [0.15, 0.2) is 23.1 Å². The van der Waals surface area contributed by atoms with E-state index in [-0.39, 0.29) is 21.5 Å². The normalized spacial score (nSPS) is 19.6. The molecule has 1 saturated heterocycles. The van der Waals surface area contributed by atoms with Gasteiger partial charge in [0.15, 0.2) is 0 Å². The van der Waals surface area contributed by atoms with E-state index in [1.54, 1.807) is 0 Å². The van der Waals surface area contributed by atoms with Crippen molar-refractivity contribution >= 4 is 27.6 Å². The average molecular weight is 347 g/mol. The number of sulfonamides is 1. The number of likely N-dealkylation sites (N-methyl/N-ethyl adjacent to an activating group) is 1. The Morgan fingerprint density at radius 3 is 2.64 bits per heavy atom. The van der Waals surface area contributed by atoms with E-state index in [1.165, 1.54) is 29.6 Å². The van der Waals surface area contributed by atoms with E-state index < -0.39 is 16.0 Å². The lowest BCUT2D eigenvalue weighted by atomic mass is 10.2. The van der Waals surface area contributed by atoms with Gasteiger partial charge in [-0.15, -0.1) is 0 Å². The maximum atomic E-state index is 12.9. The van der Waals surface area contributed by atoms with Crippen LogP contribution in [-0.2, 0) is 14.8 Å². The topological polar surface area (TPSA) is 66.9 Å². The Morgan fingerprint density at radius 1 is 1.41 bits per heavy atom. The van der Waals surface area contributed by atoms with Crippen LogP contribution in [0, 0.1) is 0 Å². The van der Waals surface area contributed by atoms with E-state index in [9.17, 15) is 13.2 Å². The summed E-state index contributed by atoms with van der Waals surface area (Å²) in [7, 11) is 1.18. The third kappa shape index (κ3) is 3.12. The Balaban J connectivity index is 2.45. The Bertz CT molecular complexity index is 675. The molecular formula is C14H19ClN2O4S. The predicted molar refractivity (Wildman–Crippen MR) is 83.6 cm³/mol. The average Bonchev–Trinajstić information content (AvgIpc) is 2.96. The van der Waals surface area contributed by atoms with Gasteiger partial charge >= 0.3 is 5.97 Å². The minimum atomic E-state index is -3.85. The van der Waals surface area contributed by atoms with E-state index >= 15 is 0 Å². The molecule has 1 atom stereocenters. The monoisotopic (exact) mass is 346 g/mol. The molecule has 0 saturated carbocycles. The first kappa shape index (κ1) is 17.2. The Morgan fingerprint density at radius 2 is 2.09 bits per heavy atom.